The topological polar surface area (TPSA) is 66.6 Å². The summed E-state index contributed by atoms with van der Waals surface area (Å²) >= 11 is 0. The third-order valence-electron chi connectivity index (χ3n) is 2.80. The quantitative estimate of drug-likeness (QED) is 0.871. The molecule has 1 heterocycles. The van der Waals surface area contributed by atoms with E-state index in [0.29, 0.717) is 6.54 Å². The summed E-state index contributed by atoms with van der Waals surface area (Å²) in [6.45, 7) is 10.2. The van der Waals surface area contributed by atoms with Gasteiger partial charge in [0.25, 0.3) is 0 Å². The van der Waals surface area contributed by atoms with E-state index in [2.05, 4.69) is 5.16 Å². The van der Waals surface area contributed by atoms with E-state index in [1.54, 1.807) is 0 Å². The van der Waals surface area contributed by atoms with E-state index >= 15 is 0 Å². The van der Waals surface area contributed by atoms with E-state index in [-0.39, 0.29) is 12.1 Å². The minimum absolute atomic E-state index is 0.00750. The van der Waals surface area contributed by atoms with Gasteiger partial charge < -0.3 is 9.63 Å². The summed E-state index contributed by atoms with van der Waals surface area (Å²) in [5.74, 6) is -0.0752. The zero-order chi connectivity index (χ0) is 13.2. The molecule has 0 atom stereocenters. The van der Waals surface area contributed by atoms with Crippen LogP contribution in [0.2, 0.25) is 0 Å². The molecule has 0 aliphatic carbocycles. The Labute approximate surface area is 101 Å². The zero-order valence-corrected chi connectivity index (χ0v) is 11.1. The third-order valence-corrected chi connectivity index (χ3v) is 2.80. The van der Waals surface area contributed by atoms with Crippen molar-refractivity contribution in [3.63, 3.8) is 0 Å². The molecule has 1 aromatic rings. The maximum Gasteiger partial charge on any atom is 0.317 e. The maximum atomic E-state index is 10.9. The fourth-order valence-electron chi connectivity index (χ4n) is 1.61. The first-order valence-electron chi connectivity index (χ1n) is 5.60. The molecule has 0 spiro atoms. The normalized spacial score (nSPS) is 12.1. The van der Waals surface area contributed by atoms with E-state index < -0.39 is 5.97 Å². The molecule has 0 unspecified atom stereocenters. The van der Waals surface area contributed by atoms with Crippen LogP contribution in [0.1, 0.15) is 37.8 Å². The van der Waals surface area contributed by atoms with Crippen LogP contribution in [-0.2, 0) is 11.3 Å². The van der Waals surface area contributed by atoms with E-state index in [1.807, 2.05) is 39.5 Å². The van der Waals surface area contributed by atoms with Crippen LogP contribution in [0.15, 0.2) is 4.52 Å². The highest BCUT2D eigenvalue weighted by Crippen LogP contribution is 2.21. The summed E-state index contributed by atoms with van der Waals surface area (Å²) < 4.78 is 5.09. The molecule has 0 aromatic carbocycles. The lowest BCUT2D eigenvalue weighted by molar-refractivity contribution is -0.139. The van der Waals surface area contributed by atoms with Gasteiger partial charge in [-0.3, -0.25) is 9.69 Å². The maximum absolute atomic E-state index is 10.9. The van der Waals surface area contributed by atoms with Crippen LogP contribution < -0.4 is 0 Å². The molecular formula is C12H20N2O3. The Kier molecular flexibility index (Phi) is 3.93. The Morgan fingerprint density at radius 3 is 2.35 bits per heavy atom. The first-order valence-corrected chi connectivity index (χ1v) is 5.60. The van der Waals surface area contributed by atoms with Gasteiger partial charge in [-0.2, -0.15) is 0 Å². The summed E-state index contributed by atoms with van der Waals surface area (Å²) in [5.41, 5.74) is 1.58. The number of aromatic nitrogens is 1. The van der Waals surface area contributed by atoms with Crippen LogP contribution in [0, 0.1) is 13.8 Å². The van der Waals surface area contributed by atoms with Crippen LogP contribution in [0.25, 0.3) is 0 Å². The Morgan fingerprint density at radius 2 is 2.00 bits per heavy atom. The highest BCUT2D eigenvalue weighted by atomic mass is 16.5. The molecule has 96 valence electrons. The van der Waals surface area contributed by atoms with Gasteiger partial charge in [0.15, 0.2) is 0 Å². The van der Waals surface area contributed by atoms with Gasteiger partial charge in [0.05, 0.1) is 12.2 Å². The number of aliphatic carboxylic acids is 1. The van der Waals surface area contributed by atoms with Crippen molar-refractivity contribution in [2.75, 3.05) is 6.54 Å². The van der Waals surface area contributed by atoms with Crippen molar-refractivity contribution in [2.24, 2.45) is 0 Å². The minimum atomic E-state index is -0.827. The molecule has 5 nitrogen and oxygen atoms in total. The van der Waals surface area contributed by atoms with Crippen LogP contribution >= 0.6 is 0 Å². The lowest BCUT2D eigenvalue weighted by Gasteiger charge is -2.34. The van der Waals surface area contributed by atoms with Crippen molar-refractivity contribution in [3.05, 3.63) is 17.0 Å². The Hall–Kier alpha value is -1.36. The smallest absolute Gasteiger partial charge is 0.317 e. The largest absolute Gasteiger partial charge is 0.480 e. The van der Waals surface area contributed by atoms with E-state index in [1.165, 1.54) is 0 Å². The summed E-state index contributed by atoms with van der Waals surface area (Å²) in [4.78, 5) is 12.8. The summed E-state index contributed by atoms with van der Waals surface area (Å²) in [5, 5.41) is 12.8. The number of carbonyl (C=O) groups is 1. The number of hydrogen-bond acceptors (Lipinski definition) is 4. The molecular weight excluding hydrogens is 220 g/mol. The van der Waals surface area contributed by atoms with Gasteiger partial charge in [-0.05, 0) is 34.6 Å². The molecule has 5 heteroatoms. The number of carboxylic acid groups (broad SMARTS) is 1. The van der Waals surface area contributed by atoms with Crippen molar-refractivity contribution in [1.82, 2.24) is 10.1 Å². The predicted molar refractivity (Wildman–Crippen MR) is 63.8 cm³/mol. The van der Waals surface area contributed by atoms with Crippen molar-refractivity contribution in [3.8, 4) is 0 Å². The number of carboxylic acids is 1. The van der Waals surface area contributed by atoms with Gasteiger partial charge in [-0.25, -0.2) is 0 Å². The van der Waals surface area contributed by atoms with Gasteiger partial charge in [-0.1, -0.05) is 5.16 Å². The van der Waals surface area contributed by atoms with Gasteiger partial charge in [0, 0.05) is 17.6 Å². The van der Waals surface area contributed by atoms with E-state index in [9.17, 15) is 4.79 Å². The Morgan fingerprint density at radius 1 is 1.41 bits per heavy atom. The lowest BCUT2D eigenvalue weighted by atomic mass is 10.0. The van der Waals surface area contributed by atoms with Gasteiger partial charge in [0.2, 0.25) is 0 Å². The second-order valence-corrected chi connectivity index (χ2v) is 5.22. The number of hydrogen-bond donors (Lipinski definition) is 1. The highest BCUT2D eigenvalue weighted by molar-refractivity contribution is 5.69. The lowest BCUT2D eigenvalue weighted by Crippen LogP contribution is -2.44. The molecule has 0 saturated carbocycles. The zero-order valence-electron chi connectivity index (χ0n) is 11.1. The van der Waals surface area contributed by atoms with Crippen molar-refractivity contribution < 1.29 is 14.4 Å². The molecule has 1 N–H and O–H groups in total. The van der Waals surface area contributed by atoms with E-state index in [0.717, 1.165) is 17.0 Å². The first-order chi connectivity index (χ1) is 7.71. The molecule has 0 radical (unpaired) electrons. The highest BCUT2D eigenvalue weighted by Gasteiger charge is 2.25. The molecule has 0 bridgehead atoms. The molecule has 17 heavy (non-hydrogen) atoms. The Balaban J connectivity index is 2.91. The third kappa shape index (κ3) is 3.56. The van der Waals surface area contributed by atoms with Crippen molar-refractivity contribution in [2.45, 2.75) is 46.7 Å². The Bertz CT molecular complexity index is 385. The fraction of sp³-hybridized carbons (Fsp3) is 0.667. The van der Waals surface area contributed by atoms with Crippen LogP contribution in [0.3, 0.4) is 0 Å². The molecule has 0 aliphatic heterocycles. The van der Waals surface area contributed by atoms with Crippen LogP contribution in [0.4, 0.5) is 0 Å². The standard InChI is InChI=1S/C12H20N2O3/c1-8-10(9(2)17-13-8)6-14(7-11(15)16)12(3,4)5/h6-7H2,1-5H3,(H,15,16). The second-order valence-electron chi connectivity index (χ2n) is 5.22. The number of rotatable bonds is 4. The fourth-order valence-corrected chi connectivity index (χ4v) is 1.61. The summed E-state index contributed by atoms with van der Waals surface area (Å²) in [6, 6.07) is 0. The van der Waals surface area contributed by atoms with Gasteiger partial charge in [0.1, 0.15) is 5.76 Å². The number of aryl methyl sites for hydroxylation is 2. The molecule has 1 rings (SSSR count). The molecule has 0 amide bonds. The predicted octanol–water partition coefficient (Wildman–Crippen LogP) is 1.98. The molecule has 0 saturated heterocycles. The SMILES string of the molecule is Cc1noc(C)c1CN(CC(=O)O)C(C)(C)C. The van der Waals surface area contributed by atoms with Crippen LogP contribution in [0.5, 0.6) is 0 Å². The summed E-state index contributed by atoms with van der Waals surface area (Å²) in [6.07, 6.45) is 0. The van der Waals surface area contributed by atoms with Crippen molar-refractivity contribution >= 4 is 5.97 Å². The molecule has 0 aliphatic rings. The monoisotopic (exact) mass is 240 g/mol. The average molecular weight is 240 g/mol. The second kappa shape index (κ2) is 4.87. The number of nitrogens with zero attached hydrogens (tertiary/aromatic N) is 2. The van der Waals surface area contributed by atoms with Gasteiger partial charge in [-0.15, -0.1) is 0 Å². The first kappa shape index (κ1) is 13.7. The van der Waals surface area contributed by atoms with Crippen LogP contribution in [-0.4, -0.2) is 33.2 Å². The van der Waals surface area contributed by atoms with Gasteiger partial charge >= 0.3 is 5.97 Å². The van der Waals surface area contributed by atoms with E-state index in [4.69, 9.17) is 9.63 Å². The molecule has 0 fully saturated rings. The van der Waals surface area contributed by atoms with Crippen molar-refractivity contribution in [1.29, 1.82) is 0 Å². The minimum Gasteiger partial charge on any atom is -0.480 e. The summed E-state index contributed by atoms with van der Waals surface area (Å²) in [7, 11) is 0. The average Bonchev–Trinajstić information content (AvgIpc) is 2.46. The molecule has 1 aromatic heterocycles.